The van der Waals surface area contributed by atoms with Crippen LogP contribution < -0.4 is 5.32 Å². The van der Waals surface area contributed by atoms with Crippen molar-refractivity contribution < 1.29 is 9.59 Å². The number of carbonyl (C=O) groups excluding carboxylic acids is 2. The van der Waals surface area contributed by atoms with Gasteiger partial charge in [-0.1, -0.05) is 97.4 Å². The topological polar surface area (TPSA) is 55.9 Å². The number of benzene rings is 4. The Bertz CT molecular complexity index is 1510. The minimum atomic E-state index is -0.282. The van der Waals surface area contributed by atoms with Gasteiger partial charge in [-0.25, -0.2) is 0 Å². The zero-order valence-electron chi connectivity index (χ0n) is 26.5. The third-order valence-corrected chi connectivity index (χ3v) is 9.62. The maximum Gasteiger partial charge on any atom is 0.253 e. The average Bonchev–Trinajstić information content (AvgIpc) is 3.24. The van der Waals surface area contributed by atoms with E-state index in [4.69, 9.17) is 0 Å². The fraction of sp³-hybridized carbons (Fsp3) is 0.385. The van der Waals surface area contributed by atoms with Crippen LogP contribution in [0.1, 0.15) is 59.5 Å². The number of nitrogens with zero attached hydrogens (tertiary/aromatic N) is 3. The van der Waals surface area contributed by atoms with Crippen molar-refractivity contribution in [2.24, 2.45) is 0 Å². The molecular formula is C39H46N4O2. The van der Waals surface area contributed by atoms with Crippen molar-refractivity contribution in [3.05, 3.63) is 120 Å². The number of hydrogen-bond donors (Lipinski definition) is 1. The monoisotopic (exact) mass is 602 g/mol. The summed E-state index contributed by atoms with van der Waals surface area (Å²) in [6.07, 6.45) is 5.33. The number of nitrogens with one attached hydrogen (secondary N) is 1. The Balaban J connectivity index is 1.20. The molecule has 2 heterocycles. The molecule has 45 heavy (non-hydrogen) atoms. The molecule has 2 amide bonds. The van der Waals surface area contributed by atoms with Crippen LogP contribution in [-0.4, -0.2) is 84.9 Å². The summed E-state index contributed by atoms with van der Waals surface area (Å²) in [5.74, 6) is 0.274. The molecule has 6 nitrogen and oxygen atoms in total. The standard InChI is InChI=1S/C39H46N4O2/c1-41(38(44)34-20-19-30-13-9-10-18-33(30)27-34)28-35-21-26-43(39(45)37(40-35)22-25-42-23-11-4-12-24-42)29-36(31-14-5-2-6-15-31)32-16-7-3-8-17-32/h2-3,5-10,13-20,27,35-37,40H,4,11-12,21-26,28-29H2,1H3/t35-,37-/m0/s1. The molecule has 6 heteroatoms. The smallest absolute Gasteiger partial charge is 0.253 e. The Morgan fingerprint density at radius 2 is 1.47 bits per heavy atom. The van der Waals surface area contributed by atoms with Gasteiger partial charge in [0.25, 0.3) is 5.91 Å². The minimum absolute atomic E-state index is 0.00747. The van der Waals surface area contributed by atoms with E-state index in [9.17, 15) is 9.59 Å². The molecule has 0 spiro atoms. The predicted molar refractivity (Wildman–Crippen MR) is 182 cm³/mol. The lowest BCUT2D eigenvalue weighted by Crippen LogP contribution is -2.50. The molecule has 2 atom stereocenters. The van der Waals surface area contributed by atoms with E-state index in [1.165, 1.54) is 30.4 Å². The fourth-order valence-electron chi connectivity index (χ4n) is 7.06. The summed E-state index contributed by atoms with van der Waals surface area (Å²) in [5.41, 5.74) is 3.13. The summed E-state index contributed by atoms with van der Waals surface area (Å²) in [6.45, 7) is 4.98. The fourth-order valence-corrected chi connectivity index (χ4v) is 7.06. The van der Waals surface area contributed by atoms with Crippen LogP contribution in [0.25, 0.3) is 10.8 Å². The van der Waals surface area contributed by atoms with E-state index in [1.807, 2.05) is 60.5 Å². The van der Waals surface area contributed by atoms with E-state index < -0.39 is 0 Å². The van der Waals surface area contributed by atoms with Gasteiger partial charge in [0.1, 0.15) is 0 Å². The van der Waals surface area contributed by atoms with Crippen LogP contribution in [-0.2, 0) is 4.79 Å². The van der Waals surface area contributed by atoms with Crippen LogP contribution in [0.3, 0.4) is 0 Å². The van der Waals surface area contributed by atoms with Gasteiger partial charge in [-0.05, 0) is 72.8 Å². The van der Waals surface area contributed by atoms with E-state index >= 15 is 0 Å². The molecule has 2 aliphatic heterocycles. The molecule has 6 rings (SSSR count). The average molecular weight is 603 g/mol. The lowest BCUT2D eigenvalue weighted by Gasteiger charge is -2.31. The van der Waals surface area contributed by atoms with E-state index in [-0.39, 0.29) is 29.8 Å². The van der Waals surface area contributed by atoms with Crippen LogP contribution in [0.15, 0.2) is 103 Å². The van der Waals surface area contributed by atoms with Crippen molar-refractivity contribution in [2.75, 3.05) is 46.3 Å². The molecule has 2 aliphatic rings. The number of rotatable bonds is 10. The summed E-state index contributed by atoms with van der Waals surface area (Å²) in [4.78, 5) is 34.3. The van der Waals surface area contributed by atoms with Crippen molar-refractivity contribution in [1.29, 1.82) is 0 Å². The summed E-state index contributed by atoms with van der Waals surface area (Å²) in [5, 5.41) is 5.93. The third kappa shape index (κ3) is 7.81. The molecule has 0 bridgehead atoms. The first kappa shape index (κ1) is 31.0. The molecule has 234 valence electrons. The Morgan fingerprint density at radius 1 is 0.822 bits per heavy atom. The van der Waals surface area contributed by atoms with Gasteiger partial charge in [0.05, 0.1) is 6.04 Å². The molecular weight excluding hydrogens is 556 g/mol. The van der Waals surface area contributed by atoms with Crippen molar-refractivity contribution >= 4 is 22.6 Å². The quantitative estimate of drug-likeness (QED) is 0.236. The zero-order chi connectivity index (χ0) is 31.0. The molecule has 2 fully saturated rings. The van der Waals surface area contributed by atoms with Crippen LogP contribution >= 0.6 is 0 Å². The molecule has 1 N–H and O–H groups in total. The molecule has 0 saturated carbocycles. The second-order valence-corrected chi connectivity index (χ2v) is 12.8. The van der Waals surface area contributed by atoms with E-state index in [2.05, 4.69) is 69.7 Å². The predicted octanol–water partition coefficient (Wildman–Crippen LogP) is 6.18. The second kappa shape index (κ2) is 14.9. The van der Waals surface area contributed by atoms with E-state index in [1.54, 1.807) is 0 Å². The summed E-state index contributed by atoms with van der Waals surface area (Å²) in [7, 11) is 1.88. The zero-order valence-corrected chi connectivity index (χ0v) is 26.5. The molecule has 0 aromatic heterocycles. The van der Waals surface area contributed by atoms with Gasteiger partial charge in [-0.3, -0.25) is 9.59 Å². The third-order valence-electron chi connectivity index (χ3n) is 9.62. The van der Waals surface area contributed by atoms with E-state index in [0.29, 0.717) is 25.2 Å². The minimum Gasteiger partial charge on any atom is -0.340 e. The second-order valence-electron chi connectivity index (χ2n) is 12.8. The molecule has 4 aromatic carbocycles. The molecule has 0 unspecified atom stereocenters. The van der Waals surface area contributed by atoms with Crippen molar-refractivity contribution in [3.63, 3.8) is 0 Å². The summed E-state index contributed by atoms with van der Waals surface area (Å²) in [6, 6.07) is 34.9. The normalized spacial score (nSPS) is 19.5. The number of carbonyl (C=O) groups is 2. The van der Waals surface area contributed by atoms with Gasteiger partial charge >= 0.3 is 0 Å². The highest BCUT2D eigenvalue weighted by atomic mass is 16.2. The summed E-state index contributed by atoms with van der Waals surface area (Å²) < 4.78 is 0. The van der Waals surface area contributed by atoms with Gasteiger partial charge in [0.2, 0.25) is 5.91 Å². The number of fused-ring (bicyclic) bond motifs is 1. The number of hydrogen-bond acceptors (Lipinski definition) is 4. The van der Waals surface area contributed by atoms with Gasteiger partial charge in [-0.15, -0.1) is 0 Å². The highest BCUT2D eigenvalue weighted by Gasteiger charge is 2.34. The lowest BCUT2D eigenvalue weighted by molar-refractivity contribution is -0.133. The van der Waals surface area contributed by atoms with Crippen LogP contribution in [0.5, 0.6) is 0 Å². The van der Waals surface area contributed by atoms with Gasteiger partial charge < -0.3 is 20.0 Å². The van der Waals surface area contributed by atoms with Crippen molar-refractivity contribution in [3.8, 4) is 0 Å². The first-order valence-electron chi connectivity index (χ1n) is 16.7. The Hall–Kier alpha value is -4.00. The maximum absolute atomic E-state index is 14.3. The molecule has 4 aromatic rings. The number of likely N-dealkylation sites (tertiary alicyclic amines) is 1. The van der Waals surface area contributed by atoms with Gasteiger partial charge in [-0.2, -0.15) is 0 Å². The van der Waals surface area contributed by atoms with Gasteiger partial charge in [0.15, 0.2) is 0 Å². The molecule has 0 radical (unpaired) electrons. The maximum atomic E-state index is 14.3. The van der Waals surface area contributed by atoms with Crippen molar-refractivity contribution in [2.45, 2.75) is 50.1 Å². The van der Waals surface area contributed by atoms with Crippen LogP contribution in [0.4, 0.5) is 0 Å². The van der Waals surface area contributed by atoms with Gasteiger partial charge in [0, 0.05) is 50.7 Å². The lowest BCUT2D eigenvalue weighted by atomic mass is 9.90. The SMILES string of the molecule is CN(C[C@@H]1CCN(CC(c2ccccc2)c2ccccc2)C(=O)[C@H](CCN2CCCCC2)N1)C(=O)c1ccc2ccccc2c1. The Labute approximate surface area is 268 Å². The molecule has 0 aliphatic carbocycles. The first-order chi connectivity index (χ1) is 22.0. The first-order valence-corrected chi connectivity index (χ1v) is 16.7. The highest BCUT2D eigenvalue weighted by molar-refractivity contribution is 5.98. The summed E-state index contributed by atoms with van der Waals surface area (Å²) >= 11 is 0. The van der Waals surface area contributed by atoms with Crippen LogP contribution in [0, 0.1) is 0 Å². The number of likely N-dealkylation sites (N-methyl/N-ethyl adjacent to an activating group) is 1. The van der Waals surface area contributed by atoms with E-state index in [0.717, 1.165) is 43.2 Å². The van der Waals surface area contributed by atoms with Crippen molar-refractivity contribution in [1.82, 2.24) is 20.0 Å². The molecule has 2 saturated heterocycles. The Morgan fingerprint density at radius 3 is 2.16 bits per heavy atom. The highest BCUT2D eigenvalue weighted by Crippen LogP contribution is 2.27. The Kier molecular flexibility index (Phi) is 10.2. The van der Waals surface area contributed by atoms with Crippen LogP contribution in [0.2, 0.25) is 0 Å². The largest absolute Gasteiger partial charge is 0.340 e. The number of piperidine rings is 1. The number of amides is 2.